The van der Waals surface area contributed by atoms with Gasteiger partial charge in [-0.25, -0.2) is 0 Å². The topological polar surface area (TPSA) is 49.9 Å². The van der Waals surface area contributed by atoms with E-state index in [1.54, 1.807) is 18.2 Å². The first-order chi connectivity index (χ1) is 10.6. The van der Waals surface area contributed by atoms with Crippen molar-refractivity contribution in [3.05, 3.63) is 88.9 Å². The van der Waals surface area contributed by atoms with E-state index in [9.17, 15) is 0 Å². The molecule has 0 aliphatic heterocycles. The summed E-state index contributed by atoms with van der Waals surface area (Å²) in [7, 11) is 0. The summed E-state index contributed by atoms with van der Waals surface area (Å²) in [4.78, 5) is 0. The molecule has 3 aromatic carbocycles. The molecule has 0 bridgehead atoms. The average molecular weight is 307 g/mol. The molecule has 0 unspecified atom stereocenters. The Morgan fingerprint density at radius 3 is 2.32 bits per heavy atom. The van der Waals surface area contributed by atoms with Gasteiger partial charge in [-0.2, -0.15) is 0 Å². The van der Waals surface area contributed by atoms with Crippen LogP contribution < -0.4 is 5.73 Å². The van der Waals surface area contributed by atoms with Gasteiger partial charge in [0, 0.05) is 21.8 Å². The molecular weight excluding hydrogens is 292 g/mol. The van der Waals surface area contributed by atoms with Crippen molar-refractivity contribution in [1.29, 1.82) is 5.41 Å². The van der Waals surface area contributed by atoms with Crippen LogP contribution in [0.5, 0.6) is 0 Å². The third kappa shape index (κ3) is 2.87. The molecule has 3 aromatic rings. The molecule has 0 amide bonds. The first kappa shape index (κ1) is 14.4. The maximum atomic E-state index is 8.43. The van der Waals surface area contributed by atoms with E-state index in [2.05, 4.69) is 12.1 Å². The van der Waals surface area contributed by atoms with Gasteiger partial charge >= 0.3 is 0 Å². The second kappa shape index (κ2) is 6.04. The van der Waals surface area contributed by atoms with Gasteiger partial charge in [-0.05, 0) is 35.4 Å². The smallest absolute Gasteiger partial charge is 0.0705 e. The number of hydrogen-bond acceptors (Lipinski definition) is 2. The van der Waals surface area contributed by atoms with E-state index in [1.807, 2.05) is 42.5 Å². The van der Waals surface area contributed by atoms with Crippen LogP contribution in [-0.2, 0) is 0 Å². The molecule has 0 saturated carbocycles. The van der Waals surface area contributed by atoms with Crippen LogP contribution in [0.4, 0.5) is 5.69 Å². The van der Waals surface area contributed by atoms with E-state index in [0.717, 1.165) is 16.7 Å². The van der Waals surface area contributed by atoms with Crippen LogP contribution in [0.15, 0.2) is 72.8 Å². The molecule has 0 spiro atoms. The van der Waals surface area contributed by atoms with Crippen LogP contribution in [0.2, 0.25) is 5.02 Å². The summed E-state index contributed by atoms with van der Waals surface area (Å²) in [5.41, 5.74) is 10.6. The molecule has 2 nitrogen and oxygen atoms in total. The zero-order valence-electron chi connectivity index (χ0n) is 11.9. The Balaban J connectivity index is 2.02. The van der Waals surface area contributed by atoms with Crippen LogP contribution >= 0.6 is 11.6 Å². The SMILES string of the molecule is N=C(c1cccc(-c2ccccc2)c1)c1cc(Cl)ccc1N. The zero-order chi connectivity index (χ0) is 15.5. The highest BCUT2D eigenvalue weighted by Crippen LogP contribution is 2.24. The van der Waals surface area contributed by atoms with Gasteiger partial charge in [0.15, 0.2) is 0 Å². The lowest BCUT2D eigenvalue weighted by Crippen LogP contribution is -2.05. The van der Waals surface area contributed by atoms with Crippen molar-refractivity contribution < 1.29 is 0 Å². The van der Waals surface area contributed by atoms with Gasteiger partial charge in [-0.3, -0.25) is 5.41 Å². The molecule has 0 atom stereocenters. The second-order valence-corrected chi connectivity index (χ2v) is 5.49. The minimum absolute atomic E-state index is 0.373. The molecule has 3 heteroatoms. The Labute approximate surface area is 134 Å². The molecule has 0 radical (unpaired) electrons. The van der Waals surface area contributed by atoms with Crippen molar-refractivity contribution in [3.63, 3.8) is 0 Å². The van der Waals surface area contributed by atoms with Gasteiger partial charge in [-0.1, -0.05) is 60.1 Å². The molecule has 3 N–H and O–H groups in total. The summed E-state index contributed by atoms with van der Waals surface area (Å²) in [6.07, 6.45) is 0. The van der Waals surface area contributed by atoms with Crippen molar-refractivity contribution in [2.75, 3.05) is 5.73 Å². The number of nitrogen functional groups attached to an aromatic ring is 1. The van der Waals surface area contributed by atoms with E-state index >= 15 is 0 Å². The number of anilines is 1. The van der Waals surface area contributed by atoms with Crippen LogP contribution in [0.1, 0.15) is 11.1 Å². The Kier molecular flexibility index (Phi) is 3.94. The molecule has 0 aliphatic rings. The summed E-state index contributed by atoms with van der Waals surface area (Å²) >= 11 is 6.02. The fourth-order valence-electron chi connectivity index (χ4n) is 2.39. The number of halogens is 1. The molecule has 0 heterocycles. The highest BCUT2D eigenvalue weighted by molar-refractivity contribution is 6.31. The summed E-state index contributed by atoms with van der Waals surface area (Å²) < 4.78 is 0. The Morgan fingerprint density at radius 2 is 1.55 bits per heavy atom. The van der Waals surface area contributed by atoms with Crippen LogP contribution in [0.25, 0.3) is 11.1 Å². The van der Waals surface area contributed by atoms with Crippen molar-refractivity contribution in [2.24, 2.45) is 0 Å². The summed E-state index contributed by atoms with van der Waals surface area (Å²) in [5, 5.41) is 9.01. The maximum Gasteiger partial charge on any atom is 0.0705 e. The molecule has 22 heavy (non-hydrogen) atoms. The third-order valence-corrected chi connectivity index (χ3v) is 3.78. The fraction of sp³-hybridized carbons (Fsp3) is 0. The van der Waals surface area contributed by atoms with E-state index in [0.29, 0.717) is 22.0 Å². The standard InChI is InChI=1S/C19H15ClN2/c20-16-9-10-18(21)17(12-16)19(22)15-8-4-7-14(11-15)13-5-2-1-3-6-13/h1-12,22H,21H2. The Hall–Kier alpha value is -2.58. The minimum atomic E-state index is 0.373. The maximum absolute atomic E-state index is 8.43. The number of nitrogens with two attached hydrogens (primary N) is 1. The normalized spacial score (nSPS) is 10.4. The molecular formula is C19H15ClN2. The molecule has 0 saturated heterocycles. The number of nitrogens with one attached hydrogen (secondary N) is 1. The van der Waals surface area contributed by atoms with E-state index in [4.69, 9.17) is 22.7 Å². The van der Waals surface area contributed by atoms with Gasteiger partial charge in [0.2, 0.25) is 0 Å². The van der Waals surface area contributed by atoms with Crippen LogP contribution in [0.3, 0.4) is 0 Å². The molecule has 108 valence electrons. The predicted octanol–water partition coefficient (Wildman–Crippen LogP) is 5.01. The molecule has 0 aliphatic carbocycles. The molecule has 0 aromatic heterocycles. The lowest BCUT2D eigenvalue weighted by molar-refractivity contribution is 1.45. The second-order valence-electron chi connectivity index (χ2n) is 5.05. The summed E-state index contributed by atoms with van der Waals surface area (Å²) in [6.45, 7) is 0. The largest absolute Gasteiger partial charge is 0.398 e. The quantitative estimate of drug-likeness (QED) is 0.519. The van der Waals surface area contributed by atoms with Gasteiger partial charge in [0.05, 0.1) is 5.71 Å². The first-order valence-electron chi connectivity index (χ1n) is 6.95. The summed E-state index contributed by atoms with van der Waals surface area (Å²) in [6, 6.07) is 23.2. The fourth-order valence-corrected chi connectivity index (χ4v) is 2.56. The Morgan fingerprint density at radius 1 is 0.818 bits per heavy atom. The van der Waals surface area contributed by atoms with E-state index in [1.165, 1.54) is 0 Å². The number of hydrogen-bond donors (Lipinski definition) is 2. The number of rotatable bonds is 3. The minimum Gasteiger partial charge on any atom is -0.398 e. The molecule has 3 rings (SSSR count). The third-order valence-electron chi connectivity index (χ3n) is 3.54. The monoisotopic (exact) mass is 306 g/mol. The number of benzene rings is 3. The highest BCUT2D eigenvalue weighted by atomic mass is 35.5. The first-order valence-corrected chi connectivity index (χ1v) is 7.33. The van der Waals surface area contributed by atoms with Gasteiger partial charge in [0.1, 0.15) is 0 Å². The van der Waals surface area contributed by atoms with Gasteiger partial charge < -0.3 is 5.73 Å². The lowest BCUT2D eigenvalue weighted by atomic mass is 9.97. The van der Waals surface area contributed by atoms with Crippen molar-refractivity contribution >= 4 is 23.0 Å². The van der Waals surface area contributed by atoms with Crippen molar-refractivity contribution in [2.45, 2.75) is 0 Å². The lowest BCUT2D eigenvalue weighted by Gasteiger charge is -2.10. The highest BCUT2D eigenvalue weighted by Gasteiger charge is 2.10. The van der Waals surface area contributed by atoms with Gasteiger partial charge in [0.25, 0.3) is 0 Å². The summed E-state index contributed by atoms with van der Waals surface area (Å²) in [5.74, 6) is 0. The average Bonchev–Trinajstić information content (AvgIpc) is 2.57. The van der Waals surface area contributed by atoms with Gasteiger partial charge in [-0.15, -0.1) is 0 Å². The van der Waals surface area contributed by atoms with E-state index in [-0.39, 0.29) is 0 Å². The van der Waals surface area contributed by atoms with Crippen molar-refractivity contribution in [1.82, 2.24) is 0 Å². The van der Waals surface area contributed by atoms with Crippen molar-refractivity contribution in [3.8, 4) is 11.1 Å². The van der Waals surface area contributed by atoms with E-state index < -0.39 is 0 Å². The zero-order valence-corrected chi connectivity index (χ0v) is 12.6. The van der Waals surface area contributed by atoms with Crippen LogP contribution in [-0.4, -0.2) is 5.71 Å². The van der Waals surface area contributed by atoms with Crippen LogP contribution in [0, 0.1) is 5.41 Å². The Bertz CT molecular complexity index is 826. The molecule has 0 fully saturated rings. The predicted molar refractivity (Wildman–Crippen MR) is 93.7 cm³/mol.